The van der Waals surface area contributed by atoms with E-state index in [0.29, 0.717) is 38.3 Å². The van der Waals surface area contributed by atoms with E-state index < -0.39 is 11.6 Å². The molecule has 0 spiro atoms. The van der Waals surface area contributed by atoms with E-state index in [1.807, 2.05) is 13.8 Å². The lowest BCUT2D eigenvalue weighted by Gasteiger charge is -2.31. The van der Waals surface area contributed by atoms with E-state index in [2.05, 4.69) is 5.32 Å². The number of benzene rings is 1. The summed E-state index contributed by atoms with van der Waals surface area (Å²) in [7, 11) is 0. The van der Waals surface area contributed by atoms with Crippen molar-refractivity contribution in [2.45, 2.75) is 33.1 Å². The van der Waals surface area contributed by atoms with E-state index in [4.69, 9.17) is 0 Å². The highest BCUT2D eigenvalue weighted by Gasteiger charge is 2.27. The Hall–Kier alpha value is -1.98. The lowest BCUT2D eigenvalue weighted by molar-refractivity contribution is -0.135. The fourth-order valence-corrected chi connectivity index (χ4v) is 2.69. The SMILES string of the molecule is CC(C)CC(=O)N1CCC(C(=O)Nc2ccc(F)c(F)c2)CC1. The van der Waals surface area contributed by atoms with Gasteiger partial charge >= 0.3 is 0 Å². The number of nitrogens with one attached hydrogen (secondary N) is 1. The molecular formula is C17H22F2N2O2. The highest BCUT2D eigenvalue weighted by Crippen LogP contribution is 2.21. The van der Waals surface area contributed by atoms with Gasteiger partial charge in [0, 0.05) is 37.2 Å². The van der Waals surface area contributed by atoms with Crippen LogP contribution in [0.3, 0.4) is 0 Å². The maximum atomic E-state index is 13.1. The average molecular weight is 324 g/mol. The molecule has 0 atom stereocenters. The Balaban J connectivity index is 1.86. The Labute approximate surface area is 134 Å². The zero-order valence-corrected chi connectivity index (χ0v) is 13.4. The van der Waals surface area contributed by atoms with Crippen LogP contribution in [-0.2, 0) is 9.59 Å². The standard InChI is InChI=1S/C17H22F2N2O2/c1-11(2)9-16(22)21-7-5-12(6-8-21)17(23)20-13-3-4-14(18)15(19)10-13/h3-4,10-12H,5-9H2,1-2H3,(H,20,23). The van der Waals surface area contributed by atoms with Crippen molar-refractivity contribution >= 4 is 17.5 Å². The average Bonchev–Trinajstić information content (AvgIpc) is 2.50. The molecule has 0 saturated carbocycles. The maximum absolute atomic E-state index is 13.1. The summed E-state index contributed by atoms with van der Waals surface area (Å²) >= 11 is 0. The van der Waals surface area contributed by atoms with E-state index in [1.165, 1.54) is 6.07 Å². The van der Waals surface area contributed by atoms with Gasteiger partial charge in [-0.15, -0.1) is 0 Å². The number of carbonyl (C=O) groups is 2. The third kappa shape index (κ3) is 4.74. The predicted octanol–water partition coefficient (Wildman–Crippen LogP) is 3.19. The highest BCUT2D eigenvalue weighted by molar-refractivity contribution is 5.92. The third-order valence-corrected chi connectivity index (χ3v) is 3.99. The molecular weight excluding hydrogens is 302 g/mol. The lowest BCUT2D eigenvalue weighted by atomic mass is 9.95. The van der Waals surface area contributed by atoms with Crippen LogP contribution >= 0.6 is 0 Å². The fourth-order valence-electron chi connectivity index (χ4n) is 2.69. The van der Waals surface area contributed by atoms with Crippen LogP contribution in [0.15, 0.2) is 18.2 Å². The van der Waals surface area contributed by atoms with Gasteiger partial charge in [0.1, 0.15) is 0 Å². The van der Waals surface area contributed by atoms with Gasteiger partial charge in [-0.05, 0) is 30.9 Å². The molecule has 1 heterocycles. The molecule has 2 amide bonds. The molecule has 2 rings (SSSR count). The molecule has 0 aromatic heterocycles. The van der Waals surface area contributed by atoms with Gasteiger partial charge in [0.05, 0.1) is 0 Å². The number of anilines is 1. The number of amides is 2. The summed E-state index contributed by atoms with van der Waals surface area (Å²) in [6.07, 6.45) is 1.68. The first-order valence-corrected chi connectivity index (χ1v) is 7.90. The second-order valence-corrected chi connectivity index (χ2v) is 6.37. The predicted molar refractivity (Wildman–Crippen MR) is 83.7 cm³/mol. The van der Waals surface area contributed by atoms with Crippen LogP contribution in [0, 0.1) is 23.5 Å². The second kappa shape index (κ2) is 7.53. The normalized spacial score (nSPS) is 15.8. The van der Waals surface area contributed by atoms with Gasteiger partial charge in [-0.3, -0.25) is 9.59 Å². The van der Waals surface area contributed by atoms with Crippen LogP contribution in [0.5, 0.6) is 0 Å². The topological polar surface area (TPSA) is 49.4 Å². The van der Waals surface area contributed by atoms with Gasteiger partial charge in [-0.2, -0.15) is 0 Å². The Morgan fingerprint density at radius 3 is 2.43 bits per heavy atom. The Morgan fingerprint density at radius 2 is 1.87 bits per heavy atom. The molecule has 0 bridgehead atoms. The van der Waals surface area contributed by atoms with Crippen molar-refractivity contribution in [1.29, 1.82) is 0 Å². The first-order chi connectivity index (χ1) is 10.9. The summed E-state index contributed by atoms with van der Waals surface area (Å²) in [4.78, 5) is 26.0. The van der Waals surface area contributed by atoms with E-state index in [0.717, 1.165) is 12.1 Å². The number of hydrogen-bond acceptors (Lipinski definition) is 2. The molecule has 0 unspecified atom stereocenters. The molecule has 1 aromatic rings. The first-order valence-electron chi connectivity index (χ1n) is 7.90. The third-order valence-electron chi connectivity index (χ3n) is 3.99. The molecule has 4 nitrogen and oxygen atoms in total. The Bertz CT molecular complexity index is 582. The lowest BCUT2D eigenvalue weighted by Crippen LogP contribution is -2.41. The first kappa shape index (κ1) is 17.4. The zero-order valence-electron chi connectivity index (χ0n) is 13.4. The molecule has 0 radical (unpaired) electrons. The van der Waals surface area contributed by atoms with E-state index in [-0.39, 0.29) is 23.4 Å². The van der Waals surface area contributed by atoms with Crippen molar-refractivity contribution in [2.24, 2.45) is 11.8 Å². The Kier molecular flexibility index (Phi) is 5.69. The summed E-state index contributed by atoms with van der Waals surface area (Å²) in [5.74, 6) is -1.92. The van der Waals surface area contributed by atoms with Crippen molar-refractivity contribution in [3.8, 4) is 0 Å². The molecule has 1 aliphatic heterocycles. The number of hydrogen-bond donors (Lipinski definition) is 1. The number of rotatable bonds is 4. The van der Waals surface area contributed by atoms with E-state index in [1.54, 1.807) is 4.90 Å². The van der Waals surface area contributed by atoms with E-state index >= 15 is 0 Å². The van der Waals surface area contributed by atoms with Gasteiger partial charge in [0.25, 0.3) is 0 Å². The van der Waals surface area contributed by atoms with Crippen molar-refractivity contribution in [3.63, 3.8) is 0 Å². The van der Waals surface area contributed by atoms with Gasteiger partial charge in [-0.1, -0.05) is 13.8 Å². The maximum Gasteiger partial charge on any atom is 0.227 e. The molecule has 0 aliphatic carbocycles. The molecule has 1 aliphatic rings. The largest absolute Gasteiger partial charge is 0.343 e. The summed E-state index contributed by atoms with van der Waals surface area (Å²) in [6, 6.07) is 3.28. The number of carbonyl (C=O) groups excluding carboxylic acids is 2. The van der Waals surface area contributed by atoms with Gasteiger partial charge in [0.2, 0.25) is 11.8 Å². The molecule has 126 valence electrons. The van der Waals surface area contributed by atoms with Crippen LogP contribution in [0.1, 0.15) is 33.1 Å². The van der Waals surface area contributed by atoms with Gasteiger partial charge in [-0.25, -0.2) is 8.78 Å². The summed E-state index contributed by atoms with van der Waals surface area (Å²) in [5.41, 5.74) is 0.243. The monoisotopic (exact) mass is 324 g/mol. The molecule has 1 fully saturated rings. The van der Waals surface area contributed by atoms with Crippen molar-refractivity contribution in [1.82, 2.24) is 4.90 Å². The molecule has 23 heavy (non-hydrogen) atoms. The minimum Gasteiger partial charge on any atom is -0.343 e. The molecule has 1 saturated heterocycles. The minimum absolute atomic E-state index is 0.125. The Morgan fingerprint density at radius 1 is 1.22 bits per heavy atom. The van der Waals surface area contributed by atoms with Crippen molar-refractivity contribution in [2.75, 3.05) is 18.4 Å². The van der Waals surface area contributed by atoms with Crippen LogP contribution in [-0.4, -0.2) is 29.8 Å². The molecule has 1 N–H and O–H groups in total. The quantitative estimate of drug-likeness (QED) is 0.925. The minimum atomic E-state index is -0.989. The van der Waals surface area contributed by atoms with Crippen molar-refractivity contribution in [3.05, 3.63) is 29.8 Å². The van der Waals surface area contributed by atoms with Gasteiger partial charge < -0.3 is 10.2 Å². The van der Waals surface area contributed by atoms with Crippen LogP contribution < -0.4 is 5.32 Å². The highest BCUT2D eigenvalue weighted by atomic mass is 19.2. The van der Waals surface area contributed by atoms with Crippen molar-refractivity contribution < 1.29 is 18.4 Å². The smallest absolute Gasteiger partial charge is 0.227 e. The number of piperidine rings is 1. The summed E-state index contributed by atoms with van der Waals surface area (Å²) in [6.45, 7) is 5.11. The molecule has 6 heteroatoms. The molecule has 1 aromatic carbocycles. The van der Waals surface area contributed by atoms with Crippen LogP contribution in [0.2, 0.25) is 0 Å². The second-order valence-electron chi connectivity index (χ2n) is 6.37. The number of nitrogens with zero attached hydrogens (tertiary/aromatic N) is 1. The fraction of sp³-hybridized carbons (Fsp3) is 0.529. The summed E-state index contributed by atoms with van der Waals surface area (Å²) in [5, 5.41) is 2.61. The summed E-state index contributed by atoms with van der Waals surface area (Å²) < 4.78 is 26.0. The van der Waals surface area contributed by atoms with Gasteiger partial charge in [0.15, 0.2) is 11.6 Å². The van der Waals surface area contributed by atoms with Crippen LogP contribution in [0.25, 0.3) is 0 Å². The van der Waals surface area contributed by atoms with Crippen LogP contribution in [0.4, 0.5) is 14.5 Å². The number of halogens is 2. The van der Waals surface area contributed by atoms with E-state index in [9.17, 15) is 18.4 Å². The number of likely N-dealkylation sites (tertiary alicyclic amines) is 1. The zero-order chi connectivity index (χ0) is 17.0.